The number of carbonyl (C=O) groups is 1. The number of para-hydroxylation sites is 2. The van der Waals surface area contributed by atoms with Crippen molar-refractivity contribution in [2.75, 3.05) is 5.32 Å². The highest BCUT2D eigenvalue weighted by Gasteiger charge is 2.37. The van der Waals surface area contributed by atoms with E-state index in [9.17, 15) is 13.2 Å². The van der Waals surface area contributed by atoms with Gasteiger partial charge in [-0.15, -0.1) is 0 Å². The molecular weight excluding hydrogens is 314 g/mol. The second kappa shape index (κ2) is 5.44. The van der Waals surface area contributed by atoms with Crippen LogP contribution < -0.4 is 19.5 Å². The number of fused-ring (bicyclic) bond motifs is 1. The van der Waals surface area contributed by atoms with Gasteiger partial charge in [-0.05, 0) is 12.1 Å². The van der Waals surface area contributed by atoms with Crippen LogP contribution in [0.1, 0.15) is 0 Å². The van der Waals surface area contributed by atoms with Gasteiger partial charge in [0.05, 0.1) is 0 Å². The van der Waals surface area contributed by atoms with Crippen LogP contribution in [0.25, 0.3) is 0 Å². The number of hydrogen-bond acceptors (Lipinski definition) is 8. The summed E-state index contributed by atoms with van der Waals surface area (Å²) in [5.41, 5.74) is -1.66. The topological polar surface area (TPSA) is 132 Å². The molecule has 0 radical (unpaired) electrons. The summed E-state index contributed by atoms with van der Waals surface area (Å²) in [6, 6.07) is 5.39. The molecule has 2 amide bonds. The van der Waals surface area contributed by atoms with Crippen molar-refractivity contribution in [3.8, 4) is 11.5 Å². The normalized spacial score (nSPS) is 13.6. The first-order valence-corrected chi connectivity index (χ1v) is 7.46. The molecule has 2 heterocycles. The Bertz CT molecular complexity index is 773. The number of sulfonamides is 1. The summed E-state index contributed by atoms with van der Waals surface area (Å²) in [6.45, 7) is 0. The molecular formula is C11H9N5O5S. The van der Waals surface area contributed by atoms with Crippen molar-refractivity contribution < 1.29 is 22.7 Å². The first-order chi connectivity index (χ1) is 10.5. The minimum Gasteiger partial charge on any atom is -0.437 e. The largest absolute Gasteiger partial charge is 0.437 e. The van der Waals surface area contributed by atoms with Crippen LogP contribution >= 0.6 is 0 Å². The highest BCUT2D eigenvalue weighted by atomic mass is 32.2. The van der Waals surface area contributed by atoms with E-state index in [0.29, 0.717) is 0 Å². The fraction of sp³-hybridized carbons (Fsp3) is 0.0909. The van der Waals surface area contributed by atoms with E-state index in [1.165, 1.54) is 0 Å². The monoisotopic (exact) mass is 323 g/mol. The Kier molecular flexibility index (Phi) is 3.47. The number of rotatable bonds is 3. The van der Waals surface area contributed by atoms with Gasteiger partial charge in [0.2, 0.25) is 5.95 Å². The molecule has 2 N–H and O–H groups in total. The average Bonchev–Trinajstić information content (AvgIpc) is 2.92. The van der Waals surface area contributed by atoms with Crippen molar-refractivity contribution in [2.24, 2.45) is 0 Å². The highest BCUT2D eigenvalue weighted by molar-refractivity contribution is 7.90. The summed E-state index contributed by atoms with van der Waals surface area (Å²) < 4.78 is 36.1. The minimum atomic E-state index is -4.22. The number of urea groups is 1. The molecule has 0 fully saturated rings. The van der Waals surface area contributed by atoms with E-state index in [2.05, 4.69) is 20.3 Å². The van der Waals surface area contributed by atoms with Crippen LogP contribution in [0.3, 0.4) is 0 Å². The third kappa shape index (κ3) is 2.88. The highest BCUT2D eigenvalue weighted by Crippen LogP contribution is 2.35. The van der Waals surface area contributed by atoms with Crippen molar-refractivity contribution in [1.29, 1.82) is 0 Å². The molecule has 11 heteroatoms. The van der Waals surface area contributed by atoms with E-state index >= 15 is 0 Å². The maximum absolute atomic E-state index is 12.0. The zero-order valence-electron chi connectivity index (χ0n) is 10.8. The molecule has 3 rings (SSSR count). The Morgan fingerprint density at radius 1 is 1.09 bits per heavy atom. The molecule has 114 valence electrons. The van der Waals surface area contributed by atoms with Crippen LogP contribution in [0.2, 0.25) is 0 Å². The van der Waals surface area contributed by atoms with Gasteiger partial charge >= 0.3 is 21.7 Å². The van der Waals surface area contributed by atoms with E-state index in [4.69, 9.17) is 9.47 Å². The zero-order valence-corrected chi connectivity index (χ0v) is 11.6. The average molecular weight is 323 g/mol. The van der Waals surface area contributed by atoms with Crippen LogP contribution in [0, 0.1) is 0 Å². The molecule has 0 spiro atoms. The van der Waals surface area contributed by atoms with E-state index in [1.54, 1.807) is 29.0 Å². The molecule has 0 saturated carbocycles. The third-order valence-electron chi connectivity index (χ3n) is 2.50. The number of ether oxygens (including phenoxy) is 2. The molecule has 1 aromatic heterocycles. The lowest BCUT2D eigenvalue weighted by molar-refractivity contribution is 0.123. The van der Waals surface area contributed by atoms with Crippen LogP contribution in [-0.2, 0) is 10.0 Å². The number of amides is 2. The molecule has 1 aliphatic heterocycles. The molecule has 0 bridgehead atoms. The zero-order chi connectivity index (χ0) is 15.6. The van der Waals surface area contributed by atoms with Gasteiger partial charge in [-0.1, -0.05) is 12.1 Å². The number of aromatic nitrogens is 3. The Morgan fingerprint density at radius 3 is 2.27 bits per heavy atom. The van der Waals surface area contributed by atoms with Gasteiger partial charge in [0.25, 0.3) is 0 Å². The van der Waals surface area contributed by atoms with Gasteiger partial charge in [-0.3, -0.25) is 5.32 Å². The Hall–Kier alpha value is -2.95. The van der Waals surface area contributed by atoms with Gasteiger partial charge in [-0.2, -0.15) is 8.42 Å². The fourth-order valence-electron chi connectivity index (χ4n) is 1.61. The van der Waals surface area contributed by atoms with Gasteiger partial charge < -0.3 is 9.47 Å². The third-order valence-corrected chi connectivity index (χ3v) is 3.67. The summed E-state index contributed by atoms with van der Waals surface area (Å²) >= 11 is 0. The van der Waals surface area contributed by atoms with Crippen molar-refractivity contribution in [2.45, 2.75) is 5.62 Å². The quantitative estimate of drug-likeness (QED) is 0.811. The van der Waals surface area contributed by atoms with Gasteiger partial charge in [0.15, 0.2) is 11.5 Å². The maximum atomic E-state index is 12.0. The summed E-state index contributed by atoms with van der Waals surface area (Å²) in [5.74, 6) is 0.450. The first kappa shape index (κ1) is 14.0. The van der Waals surface area contributed by atoms with Crippen molar-refractivity contribution in [3.05, 3.63) is 36.9 Å². The molecule has 0 unspecified atom stereocenters. The molecule has 10 nitrogen and oxygen atoms in total. The predicted octanol–water partition coefficient (Wildman–Crippen LogP) is 0.0779. The number of anilines is 1. The van der Waals surface area contributed by atoms with E-state index in [-0.39, 0.29) is 17.4 Å². The standard InChI is InChI=1S/C11H9N5O5S/c17-10(15-9-13-5-12-6-14-9)16-22(18,19)11-20-7-3-1-2-4-8(7)21-11/h1-6,11H,(H2,12,13,14,15,16,17). The summed E-state index contributed by atoms with van der Waals surface area (Å²) in [7, 11) is -4.22. The van der Waals surface area contributed by atoms with E-state index < -0.39 is 21.7 Å². The second-order valence-corrected chi connectivity index (χ2v) is 5.71. The Balaban J connectivity index is 1.66. The van der Waals surface area contributed by atoms with E-state index in [1.807, 2.05) is 0 Å². The van der Waals surface area contributed by atoms with Crippen LogP contribution in [0.5, 0.6) is 11.5 Å². The lowest BCUT2D eigenvalue weighted by atomic mass is 10.3. The number of benzene rings is 1. The Morgan fingerprint density at radius 2 is 1.68 bits per heavy atom. The van der Waals surface area contributed by atoms with Crippen molar-refractivity contribution >= 4 is 22.0 Å². The SMILES string of the molecule is O=C(Nc1ncncn1)NS(=O)(=O)C1Oc2ccccc2O1. The van der Waals surface area contributed by atoms with Gasteiger partial charge in [-0.25, -0.2) is 24.5 Å². The van der Waals surface area contributed by atoms with Crippen molar-refractivity contribution in [1.82, 2.24) is 19.7 Å². The molecule has 0 saturated heterocycles. The number of carbonyl (C=O) groups excluding carboxylic acids is 1. The number of hydrogen-bond donors (Lipinski definition) is 2. The molecule has 0 atom stereocenters. The first-order valence-electron chi connectivity index (χ1n) is 5.91. The fourth-order valence-corrected chi connectivity index (χ4v) is 2.48. The molecule has 1 aromatic carbocycles. The lowest BCUT2D eigenvalue weighted by Gasteiger charge is -2.12. The molecule has 1 aliphatic rings. The lowest BCUT2D eigenvalue weighted by Crippen LogP contribution is -2.44. The van der Waals surface area contributed by atoms with Gasteiger partial charge in [0.1, 0.15) is 12.7 Å². The smallest absolute Gasteiger partial charge is 0.365 e. The molecule has 22 heavy (non-hydrogen) atoms. The van der Waals surface area contributed by atoms with Crippen LogP contribution in [0.15, 0.2) is 36.9 Å². The maximum Gasteiger partial charge on any atom is 0.365 e. The van der Waals surface area contributed by atoms with Crippen LogP contribution in [0.4, 0.5) is 10.7 Å². The minimum absolute atomic E-state index is 0.0979. The number of nitrogens with zero attached hydrogens (tertiary/aromatic N) is 3. The Labute approximate surface area is 124 Å². The van der Waals surface area contributed by atoms with Gasteiger partial charge in [0, 0.05) is 0 Å². The summed E-state index contributed by atoms with van der Waals surface area (Å²) in [4.78, 5) is 22.5. The summed E-state index contributed by atoms with van der Waals surface area (Å²) in [6.07, 6.45) is 2.30. The second-order valence-electron chi connectivity index (χ2n) is 4.03. The number of nitrogens with one attached hydrogen (secondary N) is 2. The van der Waals surface area contributed by atoms with Crippen LogP contribution in [-0.4, -0.2) is 35.0 Å². The predicted molar refractivity (Wildman–Crippen MR) is 72.4 cm³/mol. The molecule has 2 aromatic rings. The van der Waals surface area contributed by atoms with Crippen molar-refractivity contribution in [3.63, 3.8) is 0 Å². The van der Waals surface area contributed by atoms with E-state index in [0.717, 1.165) is 12.7 Å². The summed E-state index contributed by atoms with van der Waals surface area (Å²) in [5, 5.41) is 2.14. The molecule has 0 aliphatic carbocycles.